The van der Waals surface area contributed by atoms with Crippen molar-refractivity contribution in [3.63, 3.8) is 0 Å². The van der Waals surface area contributed by atoms with Crippen molar-refractivity contribution in [2.45, 2.75) is 32.4 Å². The molecule has 0 radical (unpaired) electrons. The molecule has 4 nitrogen and oxygen atoms in total. The minimum absolute atomic E-state index is 0.185. The minimum atomic E-state index is -1.01. The Kier molecular flexibility index (Phi) is 5.52. The first-order valence-corrected chi connectivity index (χ1v) is 7.63. The largest absolute Gasteiger partial charge is 0.480 e. The fourth-order valence-electron chi connectivity index (χ4n) is 2.45. The number of hydrogen-bond acceptors (Lipinski definition) is 2. The molecule has 0 heterocycles. The highest BCUT2D eigenvalue weighted by Gasteiger charge is 2.29. The number of amides is 1. The first kappa shape index (κ1) is 16.7. The van der Waals surface area contributed by atoms with Gasteiger partial charge < -0.3 is 10.0 Å². The zero-order chi connectivity index (χ0) is 16.8. The molecule has 2 atom stereocenters. The minimum Gasteiger partial charge on any atom is -0.480 e. The van der Waals surface area contributed by atoms with Crippen LogP contribution >= 0.6 is 0 Å². The third-order valence-corrected chi connectivity index (χ3v) is 3.97. The van der Waals surface area contributed by atoms with Crippen LogP contribution in [0.15, 0.2) is 60.7 Å². The standard InChI is InChI=1S/C19H21NO3/c1-14(17-11-7-4-8-12-17)18(21)20(15(2)19(22)23)13-16-9-5-3-6-10-16/h3-12,14-15H,13H2,1-2H3,(H,22,23). The molecule has 4 heteroatoms. The summed E-state index contributed by atoms with van der Waals surface area (Å²) in [6, 6.07) is 18.0. The van der Waals surface area contributed by atoms with Gasteiger partial charge in [0.05, 0.1) is 5.92 Å². The lowest BCUT2D eigenvalue weighted by Crippen LogP contribution is -2.44. The highest BCUT2D eigenvalue weighted by atomic mass is 16.4. The van der Waals surface area contributed by atoms with Gasteiger partial charge in [-0.2, -0.15) is 0 Å². The fraction of sp³-hybridized carbons (Fsp3) is 0.263. The molecular formula is C19H21NO3. The van der Waals surface area contributed by atoms with Gasteiger partial charge in [0.25, 0.3) is 0 Å². The van der Waals surface area contributed by atoms with Crippen LogP contribution in [0.4, 0.5) is 0 Å². The summed E-state index contributed by atoms with van der Waals surface area (Å²) < 4.78 is 0. The van der Waals surface area contributed by atoms with E-state index in [4.69, 9.17) is 0 Å². The van der Waals surface area contributed by atoms with Crippen LogP contribution in [0.3, 0.4) is 0 Å². The molecule has 0 aliphatic heterocycles. The maximum atomic E-state index is 12.9. The number of hydrogen-bond donors (Lipinski definition) is 1. The number of aliphatic carboxylic acids is 1. The van der Waals surface area contributed by atoms with E-state index in [0.29, 0.717) is 0 Å². The lowest BCUT2D eigenvalue weighted by Gasteiger charge is -2.29. The third kappa shape index (κ3) is 4.19. The molecular weight excluding hydrogens is 290 g/mol. The van der Waals surface area contributed by atoms with Crippen molar-refractivity contribution < 1.29 is 14.7 Å². The zero-order valence-electron chi connectivity index (χ0n) is 13.3. The van der Waals surface area contributed by atoms with Crippen LogP contribution in [-0.2, 0) is 16.1 Å². The van der Waals surface area contributed by atoms with Gasteiger partial charge in [0.1, 0.15) is 6.04 Å². The van der Waals surface area contributed by atoms with Gasteiger partial charge in [-0.1, -0.05) is 60.7 Å². The molecule has 23 heavy (non-hydrogen) atoms. The summed E-state index contributed by atoms with van der Waals surface area (Å²) >= 11 is 0. The van der Waals surface area contributed by atoms with E-state index in [9.17, 15) is 14.7 Å². The normalized spacial score (nSPS) is 13.1. The van der Waals surface area contributed by atoms with Gasteiger partial charge in [0.15, 0.2) is 0 Å². The molecule has 0 saturated heterocycles. The zero-order valence-corrected chi connectivity index (χ0v) is 13.3. The smallest absolute Gasteiger partial charge is 0.326 e. The SMILES string of the molecule is CC(C(=O)N(Cc1ccccc1)C(C)C(=O)O)c1ccccc1. The summed E-state index contributed by atoms with van der Waals surface area (Å²) in [4.78, 5) is 25.7. The Hall–Kier alpha value is -2.62. The van der Waals surface area contributed by atoms with Crippen LogP contribution in [0.5, 0.6) is 0 Å². The molecule has 1 N–H and O–H groups in total. The van der Waals surface area contributed by atoms with Gasteiger partial charge in [-0.05, 0) is 25.0 Å². The van der Waals surface area contributed by atoms with Gasteiger partial charge in [-0.3, -0.25) is 4.79 Å². The summed E-state index contributed by atoms with van der Waals surface area (Å²) in [5, 5.41) is 9.34. The Morgan fingerprint density at radius 2 is 1.48 bits per heavy atom. The molecule has 0 aliphatic rings. The van der Waals surface area contributed by atoms with Gasteiger partial charge >= 0.3 is 5.97 Å². The first-order chi connectivity index (χ1) is 11.0. The molecule has 0 aliphatic carbocycles. The molecule has 0 saturated carbocycles. The summed E-state index contributed by atoms with van der Waals surface area (Å²) in [5.41, 5.74) is 1.79. The summed E-state index contributed by atoms with van der Waals surface area (Å²) in [6.45, 7) is 3.63. The van der Waals surface area contributed by atoms with Crippen molar-refractivity contribution in [3.05, 3.63) is 71.8 Å². The third-order valence-electron chi connectivity index (χ3n) is 3.97. The van der Waals surface area contributed by atoms with Crippen LogP contribution in [0.2, 0.25) is 0 Å². The van der Waals surface area contributed by atoms with Gasteiger partial charge in [-0.25, -0.2) is 4.79 Å². The van der Waals surface area contributed by atoms with Crippen molar-refractivity contribution >= 4 is 11.9 Å². The lowest BCUT2D eigenvalue weighted by atomic mass is 9.98. The monoisotopic (exact) mass is 311 g/mol. The highest BCUT2D eigenvalue weighted by molar-refractivity contribution is 5.87. The average Bonchev–Trinajstić information content (AvgIpc) is 2.59. The molecule has 2 aromatic carbocycles. The summed E-state index contributed by atoms with van der Waals surface area (Å²) in [5.74, 6) is -1.58. The maximum Gasteiger partial charge on any atom is 0.326 e. The Bertz CT molecular complexity index is 655. The summed E-state index contributed by atoms with van der Waals surface area (Å²) in [6.07, 6.45) is 0. The van der Waals surface area contributed by atoms with Crippen molar-refractivity contribution in [3.8, 4) is 0 Å². The predicted octanol–water partition coefficient (Wildman–Crippen LogP) is 3.29. The predicted molar refractivity (Wildman–Crippen MR) is 88.9 cm³/mol. The van der Waals surface area contributed by atoms with E-state index in [2.05, 4.69) is 0 Å². The van der Waals surface area contributed by atoms with E-state index in [1.165, 1.54) is 4.90 Å². The molecule has 0 spiro atoms. The molecule has 0 bridgehead atoms. The number of carboxylic acid groups (broad SMARTS) is 1. The van der Waals surface area contributed by atoms with Crippen LogP contribution < -0.4 is 0 Å². The van der Waals surface area contributed by atoms with Crippen molar-refractivity contribution in [1.29, 1.82) is 0 Å². The van der Waals surface area contributed by atoms with E-state index in [0.717, 1.165) is 11.1 Å². The van der Waals surface area contributed by atoms with Crippen LogP contribution in [0.25, 0.3) is 0 Å². The van der Waals surface area contributed by atoms with E-state index in [1.807, 2.05) is 67.6 Å². The lowest BCUT2D eigenvalue weighted by molar-refractivity contribution is -0.150. The Morgan fingerprint density at radius 1 is 0.957 bits per heavy atom. The second-order valence-electron chi connectivity index (χ2n) is 5.60. The molecule has 0 fully saturated rings. The van der Waals surface area contributed by atoms with Crippen LogP contribution in [0.1, 0.15) is 30.9 Å². The van der Waals surface area contributed by atoms with E-state index < -0.39 is 12.0 Å². The molecule has 120 valence electrons. The van der Waals surface area contributed by atoms with Crippen molar-refractivity contribution in [1.82, 2.24) is 4.90 Å². The quantitative estimate of drug-likeness (QED) is 0.890. The molecule has 2 aromatic rings. The number of carboxylic acids is 1. The Balaban J connectivity index is 2.25. The molecule has 0 aromatic heterocycles. The van der Waals surface area contributed by atoms with Crippen molar-refractivity contribution in [2.75, 3.05) is 0 Å². The number of rotatable bonds is 6. The second-order valence-corrected chi connectivity index (χ2v) is 5.60. The van der Waals surface area contributed by atoms with E-state index in [1.54, 1.807) is 6.92 Å². The van der Waals surface area contributed by atoms with Crippen molar-refractivity contribution in [2.24, 2.45) is 0 Å². The highest BCUT2D eigenvalue weighted by Crippen LogP contribution is 2.21. The summed E-state index contributed by atoms with van der Waals surface area (Å²) in [7, 11) is 0. The van der Waals surface area contributed by atoms with E-state index in [-0.39, 0.29) is 18.4 Å². The number of carbonyl (C=O) groups excluding carboxylic acids is 1. The molecule has 2 rings (SSSR count). The average molecular weight is 311 g/mol. The maximum absolute atomic E-state index is 12.9. The van der Waals surface area contributed by atoms with Gasteiger partial charge in [-0.15, -0.1) is 0 Å². The van der Waals surface area contributed by atoms with E-state index >= 15 is 0 Å². The second kappa shape index (κ2) is 7.58. The Morgan fingerprint density at radius 3 is 2.00 bits per heavy atom. The van der Waals surface area contributed by atoms with Crippen LogP contribution in [0, 0.1) is 0 Å². The Labute approximate surface area is 136 Å². The topological polar surface area (TPSA) is 57.6 Å². The fourth-order valence-corrected chi connectivity index (χ4v) is 2.45. The molecule has 1 amide bonds. The van der Waals surface area contributed by atoms with Crippen LogP contribution in [-0.4, -0.2) is 27.9 Å². The first-order valence-electron chi connectivity index (χ1n) is 7.63. The van der Waals surface area contributed by atoms with Gasteiger partial charge in [0.2, 0.25) is 5.91 Å². The van der Waals surface area contributed by atoms with Gasteiger partial charge in [0, 0.05) is 6.54 Å². The molecule has 2 unspecified atom stereocenters. The number of benzene rings is 2. The number of carbonyl (C=O) groups is 2. The number of nitrogens with zero attached hydrogens (tertiary/aromatic N) is 1.